The summed E-state index contributed by atoms with van der Waals surface area (Å²) in [5.74, 6) is -0.345. The van der Waals surface area contributed by atoms with Gasteiger partial charge in [-0.05, 0) is 31.0 Å². The molecule has 0 aliphatic carbocycles. The number of benzene rings is 1. The fraction of sp³-hybridized carbons (Fsp3) is 0.227. The van der Waals surface area contributed by atoms with Gasteiger partial charge in [0.05, 0.1) is 6.42 Å². The Hall–Kier alpha value is -4.21. The lowest BCUT2D eigenvalue weighted by Crippen LogP contribution is -2.38. The van der Waals surface area contributed by atoms with E-state index in [1.165, 1.54) is 10.8 Å². The summed E-state index contributed by atoms with van der Waals surface area (Å²) < 4.78 is 1.28. The Kier molecular flexibility index (Phi) is 7.17. The van der Waals surface area contributed by atoms with Crippen LogP contribution in [0.5, 0.6) is 0 Å². The van der Waals surface area contributed by atoms with Crippen molar-refractivity contribution < 1.29 is 9.59 Å². The Morgan fingerprint density at radius 1 is 1.06 bits per heavy atom. The minimum atomic E-state index is -0.523. The number of aryl methyl sites for hydroxylation is 2. The molecule has 2 amide bonds. The van der Waals surface area contributed by atoms with Crippen LogP contribution in [0.4, 0.5) is 11.6 Å². The zero-order valence-electron chi connectivity index (χ0n) is 17.9. The van der Waals surface area contributed by atoms with Crippen molar-refractivity contribution in [3.63, 3.8) is 0 Å². The van der Waals surface area contributed by atoms with Crippen LogP contribution in [-0.4, -0.2) is 26.3 Å². The number of hydrazine groups is 1. The van der Waals surface area contributed by atoms with Crippen molar-refractivity contribution in [2.45, 2.75) is 33.4 Å². The molecule has 5 N–H and O–H groups in total. The molecule has 0 spiro atoms. The van der Waals surface area contributed by atoms with Crippen molar-refractivity contribution in [1.82, 2.24) is 25.3 Å². The highest BCUT2D eigenvalue weighted by Gasteiger charge is 2.13. The van der Waals surface area contributed by atoms with E-state index in [-0.39, 0.29) is 37.1 Å². The van der Waals surface area contributed by atoms with Crippen molar-refractivity contribution in [1.29, 1.82) is 0 Å². The third-order valence-electron chi connectivity index (χ3n) is 4.78. The zero-order chi connectivity index (χ0) is 23.1. The molecule has 3 aromatic rings. The number of aromatic nitrogens is 3. The molecule has 166 valence electrons. The zero-order valence-corrected chi connectivity index (χ0v) is 17.9. The number of carbonyl (C=O) groups excluding carboxylic acids is 2. The van der Waals surface area contributed by atoms with Gasteiger partial charge in [0, 0.05) is 24.1 Å². The fourth-order valence-electron chi connectivity index (χ4n) is 3.00. The highest BCUT2D eigenvalue weighted by Crippen LogP contribution is 2.07. The molecular weight excluding hydrogens is 410 g/mol. The Balaban J connectivity index is 1.60. The van der Waals surface area contributed by atoms with E-state index >= 15 is 0 Å². The molecule has 2 aromatic heterocycles. The van der Waals surface area contributed by atoms with Gasteiger partial charge in [0.1, 0.15) is 12.4 Å². The Bertz CT molecular complexity index is 1180. The molecule has 1 aromatic carbocycles. The number of carbonyl (C=O) groups is 2. The molecule has 0 bridgehead atoms. The fourth-order valence-corrected chi connectivity index (χ4v) is 3.00. The smallest absolute Gasteiger partial charge is 0.295 e. The van der Waals surface area contributed by atoms with Crippen molar-refractivity contribution in [3.8, 4) is 0 Å². The minimum Gasteiger partial charge on any atom is -0.384 e. The number of nitrogens with two attached hydrogens (primary N) is 1. The van der Waals surface area contributed by atoms with Gasteiger partial charge in [-0.1, -0.05) is 36.4 Å². The van der Waals surface area contributed by atoms with Crippen LogP contribution in [0.2, 0.25) is 0 Å². The van der Waals surface area contributed by atoms with E-state index in [1.54, 1.807) is 26.0 Å². The Morgan fingerprint density at radius 2 is 1.81 bits per heavy atom. The molecule has 10 nitrogen and oxygen atoms in total. The lowest BCUT2D eigenvalue weighted by molar-refractivity contribution is -0.122. The summed E-state index contributed by atoms with van der Waals surface area (Å²) in [5.41, 5.74) is 13.0. The molecule has 0 saturated heterocycles. The van der Waals surface area contributed by atoms with Crippen LogP contribution >= 0.6 is 0 Å². The third kappa shape index (κ3) is 5.91. The molecule has 0 unspecified atom stereocenters. The van der Waals surface area contributed by atoms with E-state index in [0.717, 1.165) is 16.8 Å². The van der Waals surface area contributed by atoms with Gasteiger partial charge < -0.3 is 11.1 Å². The van der Waals surface area contributed by atoms with Gasteiger partial charge in [0.2, 0.25) is 17.6 Å². The summed E-state index contributed by atoms with van der Waals surface area (Å²) in [7, 11) is 0. The molecule has 0 radical (unpaired) electrons. The highest BCUT2D eigenvalue weighted by atomic mass is 16.2. The molecule has 0 aliphatic heterocycles. The first-order chi connectivity index (χ1) is 15.3. The maximum Gasteiger partial charge on any atom is 0.295 e. The number of amides is 2. The average molecular weight is 435 g/mol. The Labute approximate surface area is 184 Å². The molecule has 3 rings (SSSR count). The van der Waals surface area contributed by atoms with E-state index < -0.39 is 5.56 Å². The minimum absolute atomic E-state index is 0.0802. The number of nitrogen functional groups attached to an aromatic ring is 1. The summed E-state index contributed by atoms with van der Waals surface area (Å²) in [6, 6.07) is 12.7. The highest BCUT2D eigenvalue weighted by molar-refractivity contribution is 5.79. The molecule has 0 fully saturated rings. The normalized spacial score (nSPS) is 10.4. The summed E-state index contributed by atoms with van der Waals surface area (Å²) >= 11 is 0. The quantitative estimate of drug-likeness (QED) is 0.384. The largest absolute Gasteiger partial charge is 0.384 e. The van der Waals surface area contributed by atoms with Crippen molar-refractivity contribution in [3.05, 3.63) is 81.5 Å². The van der Waals surface area contributed by atoms with Crippen molar-refractivity contribution in [2.75, 3.05) is 11.2 Å². The van der Waals surface area contributed by atoms with Crippen molar-refractivity contribution in [2.24, 2.45) is 0 Å². The predicted octanol–water partition coefficient (Wildman–Crippen LogP) is 0.840. The van der Waals surface area contributed by atoms with Gasteiger partial charge >= 0.3 is 0 Å². The van der Waals surface area contributed by atoms with Crippen molar-refractivity contribution >= 4 is 23.5 Å². The SMILES string of the molecule is Cc1nc(N)ccc1CNC(=O)Cn1c(C)cnc(NNC(=O)Cc2ccccc2)c1=O. The second-order valence-corrected chi connectivity index (χ2v) is 7.23. The number of hydrogen-bond acceptors (Lipinski definition) is 7. The molecule has 0 saturated carbocycles. The maximum atomic E-state index is 12.7. The summed E-state index contributed by atoms with van der Waals surface area (Å²) in [6.45, 7) is 3.55. The van der Waals surface area contributed by atoms with Crippen LogP contribution in [0.15, 0.2) is 53.5 Å². The standard InChI is InChI=1S/C22H25N7O3/c1-14-11-25-21(28-27-19(30)10-16-6-4-3-5-7-16)22(32)29(14)13-20(31)24-12-17-8-9-18(23)26-15(17)2/h3-9,11H,10,12-13H2,1-2H3,(H2,23,26)(H,24,31)(H,25,28)(H,27,30). The van der Waals surface area contributed by atoms with Crippen LogP contribution in [0, 0.1) is 13.8 Å². The molecule has 32 heavy (non-hydrogen) atoms. The molecule has 0 atom stereocenters. The van der Waals surface area contributed by atoms with E-state index in [0.29, 0.717) is 11.5 Å². The van der Waals surface area contributed by atoms with Crippen LogP contribution in [0.25, 0.3) is 0 Å². The summed E-state index contributed by atoms with van der Waals surface area (Å²) in [5, 5.41) is 2.77. The number of pyridine rings is 1. The van der Waals surface area contributed by atoms with Gasteiger partial charge in [0.25, 0.3) is 5.56 Å². The monoisotopic (exact) mass is 435 g/mol. The van der Waals surface area contributed by atoms with Crippen LogP contribution in [0.3, 0.4) is 0 Å². The van der Waals surface area contributed by atoms with E-state index in [9.17, 15) is 14.4 Å². The average Bonchev–Trinajstić information content (AvgIpc) is 2.76. The van der Waals surface area contributed by atoms with Crippen LogP contribution < -0.4 is 27.5 Å². The van der Waals surface area contributed by atoms with Gasteiger partial charge in [-0.3, -0.25) is 29.8 Å². The number of nitrogens with one attached hydrogen (secondary N) is 3. The molecule has 2 heterocycles. The maximum absolute atomic E-state index is 12.7. The van der Waals surface area contributed by atoms with Gasteiger partial charge in [0.15, 0.2) is 0 Å². The van der Waals surface area contributed by atoms with E-state index in [2.05, 4.69) is 26.1 Å². The first-order valence-corrected chi connectivity index (χ1v) is 9.97. The topological polar surface area (TPSA) is 144 Å². The van der Waals surface area contributed by atoms with E-state index in [1.807, 2.05) is 30.3 Å². The van der Waals surface area contributed by atoms with Gasteiger partial charge in [-0.15, -0.1) is 0 Å². The van der Waals surface area contributed by atoms with Gasteiger partial charge in [-0.25, -0.2) is 9.97 Å². The van der Waals surface area contributed by atoms with Crippen LogP contribution in [0.1, 0.15) is 22.5 Å². The summed E-state index contributed by atoms with van der Waals surface area (Å²) in [6.07, 6.45) is 1.60. The third-order valence-corrected chi connectivity index (χ3v) is 4.78. The predicted molar refractivity (Wildman–Crippen MR) is 120 cm³/mol. The van der Waals surface area contributed by atoms with Gasteiger partial charge in [-0.2, -0.15) is 0 Å². The first-order valence-electron chi connectivity index (χ1n) is 9.97. The number of rotatable bonds is 8. The lowest BCUT2D eigenvalue weighted by Gasteiger charge is -2.13. The number of nitrogens with zero attached hydrogens (tertiary/aromatic N) is 3. The first kappa shape index (κ1) is 22.5. The van der Waals surface area contributed by atoms with E-state index in [4.69, 9.17) is 5.73 Å². The number of hydrogen-bond donors (Lipinski definition) is 4. The second-order valence-electron chi connectivity index (χ2n) is 7.23. The number of anilines is 2. The van der Waals surface area contributed by atoms with Crippen LogP contribution in [-0.2, 0) is 29.1 Å². The Morgan fingerprint density at radius 3 is 2.53 bits per heavy atom. The molecule has 0 aliphatic rings. The molecule has 10 heteroatoms. The summed E-state index contributed by atoms with van der Waals surface area (Å²) in [4.78, 5) is 45.5. The lowest BCUT2D eigenvalue weighted by atomic mass is 10.1. The second kappa shape index (κ2) is 10.2. The molecular formula is C22H25N7O3.